The number of aromatic nitrogens is 5. The van der Waals surface area contributed by atoms with Crippen LogP contribution in [0.15, 0.2) is 48.9 Å². The van der Waals surface area contributed by atoms with Crippen molar-refractivity contribution >= 4 is 28.4 Å². The minimum Gasteiger partial charge on any atom is -0.470 e. The number of ether oxygens (including phenoxy) is 2. The van der Waals surface area contributed by atoms with Crippen molar-refractivity contribution in [3.05, 3.63) is 65.2 Å². The molecule has 1 atom stereocenters. The van der Waals surface area contributed by atoms with Gasteiger partial charge >= 0.3 is 6.36 Å². The number of halogens is 5. The molecule has 0 fully saturated rings. The fraction of sp³-hybridized carbons (Fsp3) is 0.217. The fourth-order valence-corrected chi connectivity index (χ4v) is 3.87. The summed E-state index contributed by atoms with van der Waals surface area (Å²) in [5.41, 5.74) is 1.60. The molecule has 0 radical (unpaired) electrons. The largest absolute Gasteiger partial charge is 0.574 e. The molecule has 4 aromatic rings. The van der Waals surface area contributed by atoms with E-state index in [0.717, 1.165) is 29.4 Å². The van der Waals surface area contributed by atoms with Crippen LogP contribution in [0.25, 0.3) is 22.7 Å². The zero-order valence-electron chi connectivity index (χ0n) is 18.9. The Balaban J connectivity index is 1.63. The minimum atomic E-state index is -4.93. The van der Waals surface area contributed by atoms with Crippen LogP contribution in [0.3, 0.4) is 0 Å². The first-order valence-electron chi connectivity index (χ1n) is 10.7. The Bertz CT molecular complexity index is 1570. The molecule has 0 amide bonds. The van der Waals surface area contributed by atoms with Gasteiger partial charge in [-0.2, -0.15) is 5.10 Å². The van der Waals surface area contributed by atoms with E-state index in [9.17, 15) is 27.1 Å². The van der Waals surface area contributed by atoms with Crippen LogP contribution < -0.4 is 25.1 Å². The Morgan fingerprint density at radius 2 is 1.89 bits per heavy atom. The molecule has 192 valence electrons. The normalized spacial score (nSPS) is 15.6. The maximum atomic E-state index is 12.6. The highest BCUT2D eigenvalue weighted by Crippen LogP contribution is 2.29. The lowest BCUT2D eigenvalue weighted by Crippen LogP contribution is -2.48. The van der Waals surface area contributed by atoms with Crippen molar-refractivity contribution in [1.29, 1.82) is 0 Å². The summed E-state index contributed by atoms with van der Waals surface area (Å²) < 4.78 is 73.4. The molecule has 9 nitrogen and oxygen atoms in total. The molecule has 5 rings (SSSR count). The van der Waals surface area contributed by atoms with Crippen LogP contribution >= 0.6 is 0 Å². The van der Waals surface area contributed by atoms with Crippen LogP contribution in [0.2, 0.25) is 0 Å². The third-order valence-electron chi connectivity index (χ3n) is 5.34. The van der Waals surface area contributed by atoms with Gasteiger partial charge in [-0.3, -0.25) is 4.68 Å². The summed E-state index contributed by atoms with van der Waals surface area (Å²) in [6, 6.07) is 7.52. The SMILES string of the molecule is Cn1cc2cc(N3C=c4ncc(OCC(F)F)nc4=C(c4ccc(OC(F)(F)F)nc4)C3O)ccc2n1. The maximum Gasteiger partial charge on any atom is 0.574 e. The van der Waals surface area contributed by atoms with Gasteiger partial charge in [-0.15, -0.1) is 13.2 Å². The summed E-state index contributed by atoms with van der Waals surface area (Å²) in [5, 5.41) is 16.9. The smallest absolute Gasteiger partial charge is 0.470 e. The summed E-state index contributed by atoms with van der Waals surface area (Å²) in [7, 11) is 1.77. The van der Waals surface area contributed by atoms with E-state index in [1.807, 2.05) is 0 Å². The van der Waals surface area contributed by atoms with E-state index in [-0.39, 0.29) is 27.7 Å². The van der Waals surface area contributed by atoms with Crippen LogP contribution in [-0.2, 0) is 7.05 Å². The summed E-state index contributed by atoms with van der Waals surface area (Å²) >= 11 is 0. The summed E-state index contributed by atoms with van der Waals surface area (Å²) in [6.45, 7) is -0.919. The predicted octanol–water partition coefficient (Wildman–Crippen LogP) is 2.08. The first kappa shape index (κ1) is 24.4. The Hall–Kier alpha value is -4.33. The number of anilines is 1. The van der Waals surface area contributed by atoms with Crippen LogP contribution in [-0.4, -0.2) is 55.5 Å². The number of hydrogen-bond donors (Lipinski definition) is 1. The van der Waals surface area contributed by atoms with Crippen molar-refractivity contribution in [2.45, 2.75) is 19.0 Å². The third-order valence-corrected chi connectivity index (χ3v) is 5.34. The fourth-order valence-electron chi connectivity index (χ4n) is 3.87. The second-order valence-corrected chi connectivity index (χ2v) is 7.95. The van der Waals surface area contributed by atoms with Crippen molar-refractivity contribution in [1.82, 2.24) is 24.7 Å². The van der Waals surface area contributed by atoms with Crippen molar-refractivity contribution in [2.24, 2.45) is 7.05 Å². The number of alkyl halides is 5. The summed E-state index contributed by atoms with van der Waals surface area (Å²) in [4.78, 5) is 13.6. The van der Waals surface area contributed by atoms with Gasteiger partial charge in [0.1, 0.15) is 10.7 Å². The van der Waals surface area contributed by atoms with Gasteiger partial charge in [0.05, 0.1) is 11.7 Å². The Labute approximate surface area is 204 Å². The average molecular weight is 520 g/mol. The molecular weight excluding hydrogens is 503 g/mol. The molecule has 1 aliphatic heterocycles. The molecule has 0 saturated heterocycles. The van der Waals surface area contributed by atoms with Gasteiger partial charge in [-0.25, -0.2) is 23.7 Å². The molecular formula is C23H17F5N6O3. The van der Waals surface area contributed by atoms with Crippen molar-refractivity contribution in [3.63, 3.8) is 0 Å². The Kier molecular flexibility index (Phi) is 6.11. The van der Waals surface area contributed by atoms with Crippen LogP contribution in [0.4, 0.5) is 27.6 Å². The lowest BCUT2D eigenvalue weighted by atomic mass is 10.0. The lowest BCUT2D eigenvalue weighted by Gasteiger charge is -2.31. The van der Waals surface area contributed by atoms with E-state index in [1.54, 1.807) is 36.1 Å². The van der Waals surface area contributed by atoms with Crippen LogP contribution in [0.5, 0.6) is 11.8 Å². The number of benzene rings is 1. The number of fused-ring (bicyclic) bond motifs is 2. The molecule has 0 bridgehead atoms. The van der Waals surface area contributed by atoms with E-state index >= 15 is 0 Å². The molecule has 3 aromatic heterocycles. The van der Waals surface area contributed by atoms with E-state index < -0.39 is 31.5 Å². The quantitative estimate of drug-likeness (QED) is 0.386. The first-order valence-corrected chi connectivity index (χ1v) is 10.7. The van der Waals surface area contributed by atoms with Crippen LogP contribution in [0, 0.1) is 0 Å². The van der Waals surface area contributed by atoms with E-state index in [0.29, 0.717) is 5.69 Å². The number of aliphatic hydroxyl groups is 1. The predicted molar refractivity (Wildman–Crippen MR) is 120 cm³/mol. The van der Waals surface area contributed by atoms with Gasteiger partial charge in [0, 0.05) is 53.9 Å². The molecule has 1 aliphatic rings. The molecule has 1 N–H and O–H groups in total. The van der Waals surface area contributed by atoms with Gasteiger partial charge in [0.2, 0.25) is 11.8 Å². The van der Waals surface area contributed by atoms with E-state index in [2.05, 4.69) is 24.8 Å². The van der Waals surface area contributed by atoms with Crippen molar-refractivity contribution in [2.75, 3.05) is 11.5 Å². The third kappa shape index (κ3) is 5.14. The lowest BCUT2D eigenvalue weighted by molar-refractivity contribution is -0.276. The van der Waals surface area contributed by atoms with E-state index in [4.69, 9.17) is 4.74 Å². The van der Waals surface area contributed by atoms with Gasteiger partial charge in [-0.1, -0.05) is 0 Å². The number of nitrogens with zero attached hydrogens (tertiary/aromatic N) is 6. The number of pyridine rings is 1. The van der Waals surface area contributed by atoms with Crippen molar-refractivity contribution in [3.8, 4) is 11.8 Å². The highest BCUT2D eigenvalue weighted by Gasteiger charge is 2.32. The summed E-state index contributed by atoms with van der Waals surface area (Å²) in [5.74, 6) is -0.916. The summed E-state index contributed by atoms with van der Waals surface area (Å²) in [6.07, 6.45) is -3.54. The zero-order valence-corrected chi connectivity index (χ0v) is 18.9. The molecule has 0 aliphatic carbocycles. The van der Waals surface area contributed by atoms with Gasteiger partial charge < -0.3 is 19.5 Å². The second-order valence-electron chi connectivity index (χ2n) is 7.95. The number of hydrogen-bond acceptors (Lipinski definition) is 8. The molecule has 0 spiro atoms. The first-order chi connectivity index (χ1) is 17.6. The molecule has 37 heavy (non-hydrogen) atoms. The monoisotopic (exact) mass is 520 g/mol. The Morgan fingerprint density at radius 3 is 2.59 bits per heavy atom. The van der Waals surface area contributed by atoms with Gasteiger partial charge in [0.25, 0.3) is 6.43 Å². The maximum absolute atomic E-state index is 12.6. The molecule has 14 heteroatoms. The highest BCUT2D eigenvalue weighted by molar-refractivity contribution is 5.85. The van der Waals surface area contributed by atoms with Gasteiger partial charge in [-0.05, 0) is 24.3 Å². The topological polar surface area (TPSA) is 98.4 Å². The zero-order chi connectivity index (χ0) is 26.3. The number of aryl methyl sites for hydroxylation is 1. The highest BCUT2D eigenvalue weighted by atomic mass is 19.4. The number of aliphatic hydroxyl groups excluding tert-OH is 1. The second kappa shape index (κ2) is 9.28. The van der Waals surface area contributed by atoms with E-state index in [1.165, 1.54) is 17.2 Å². The number of rotatable bonds is 6. The molecule has 1 unspecified atom stereocenters. The van der Waals surface area contributed by atoms with Crippen molar-refractivity contribution < 1.29 is 36.5 Å². The molecule has 0 saturated carbocycles. The Morgan fingerprint density at radius 1 is 1.08 bits per heavy atom. The average Bonchev–Trinajstić information content (AvgIpc) is 3.21. The minimum absolute atomic E-state index is 0.0873. The standard InChI is InChI=1S/C23H17F5N6O3/c1-33-9-13-6-14(3-4-15(13)32-33)34-10-16-21(31-19(8-29-16)36-11-17(24)25)20(22(34)35)12-2-5-18(30-7-12)37-23(26,27)28/h2-10,17,22,35H,11H2,1H3. The molecule has 1 aromatic carbocycles. The molecule has 4 heterocycles. The van der Waals surface area contributed by atoms with Gasteiger partial charge in [0.15, 0.2) is 12.8 Å². The van der Waals surface area contributed by atoms with Crippen LogP contribution in [0.1, 0.15) is 5.56 Å².